The summed E-state index contributed by atoms with van der Waals surface area (Å²) in [7, 11) is -1.93. The van der Waals surface area contributed by atoms with Crippen molar-refractivity contribution in [3.63, 3.8) is 0 Å². The minimum atomic E-state index is -3.53. The summed E-state index contributed by atoms with van der Waals surface area (Å²) in [5, 5.41) is 0. The summed E-state index contributed by atoms with van der Waals surface area (Å²) in [6, 6.07) is 0. The topological polar surface area (TPSA) is 71.1 Å². The van der Waals surface area contributed by atoms with Crippen molar-refractivity contribution < 1.29 is 26.8 Å². The van der Waals surface area contributed by atoms with E-state index in [0.29, 0.717) is 26.4 Å². The second kappa shape index (κ2) is 8.82. The molecule has 6 nitrogen and oxygen atoms in total. The Bertz CT molecular complexity index is 293. The van der Waals surface area contributed by atoms with Gasteiger partial charge in [0.25, 0.3) is 10.1 Å². The van der Waals surface area contributed by atoms with Gasteiger partial charge in [-0.05, 0) is 20.8 Å². The van der Waals surface area contributed by atoms with Gasteiger partial charge >= 0.3 is 0 Å². The van der Waals surface area contributed by atoms with Crippen molar-refractivity contribution in [1.82, 2.24) is 0 Å². The Morgan fingerprint density at radius 3 is 1.89 bits per heavy atom. The Labute approximate surface area is 110 Å². The second-order valence-electron chi connectivity index (χ2n) is 4.68. The minimum absolute atomic E-state index is 0.103. The molecule has 7 heteroatoms. The van der Waals surface area contributed by atoms with Gasteiger partial charge in [-0.1, -0.05) is 0 Å². The molecule has 0 aliphatic carbocycles. The third-order valence-electron chi connectivity index (χ3n) is 1.66. The van der Waals surface area contributed by atoms with Crippen molar-refractivity contribution in [2.75, 3.05) is 45.9 Å². The fourth-order valence-corrected chi connectivity index (χ4v) is 2.21. The molecule has 0 atom stereocenters. The van der Waals surface area contributed by atoms with Crippen LogP contribution in [0, 0.1) is 0 Å². The Balaban J connectivity index is 3.54. The zero-order valence-corrected chi connectivity index (χ0v) is 12.4. The molecule has 0 saturated carbocycles. The number of hydrogen-bond acceptors (Lipinski definition) is 6. The molecule has 0 aliphatic rings. The predicted molar refractivity (Wildman–Crippen MR) is 68.1 cm³/mol. The lowest BCUT2D eigenvalue weighted by atomic mass is 10.2. The van der Waals surface area contributed by atoms with E-state index in [4.69, 9.17) is 18.4 Å². The van der Waals surface area contributed by atoms with Crippen LogP contribution in [0.5, 0.6) is 0 Å². The van der Waals surface area contributed by atoms with Crippen molar-refractivity contribution in [1.29, 1.82) is 0 Å². The highest BCUT2D eigenvalue weighted by Gasteiger charge is 2.21. The van der Waals surface area contributed by atoms with Gasteiger partial charge in [-0.25, -0.2) is 0 Å². The molecule has 0 radical (unpaired) electrons. The first kappa shape index (κ1) is 17.8. The van der Waals surface area contributed by atoms with Gasteiger partial charge in [0, 0.05) is 7.11 Å². The molecule has 0 aliphatic heterocycles. The molecule has 0 unspecified atom stereocenters. The first-order chi connectivity index (χ1) is 8.27. The fourth-order valence-electron chi connectivity index (χ4n) is 1.05. The fraction of sp³-hybridized carbons (Fsp3) is 1.00. The molecule has 110 valence electrons. The molecule has 0 rings (SSSR count). The average molecular weight is 284 g/mol. The van der Waals surface area contributed by atoms with E-state index in [2.05, 4.69) is 0 Å². The lowest BCUT2D eigenvalue weighted by molar-refractivity contribution is 0.0278. The molecular formula is C11H24O6S. The summed E-state index contributed by atoms with van der Waals surface area (Å²) in [6.45, 7) is 6.99. The van der Waals surface area contributed by atoms with E-state index in [-0.39, 0.29) is 12.4 Å². The molecule has 0 fully saturated rings. The van der Waals surface area contributed by atoms with Crippen LogP contribution in [0.2, 0.25) is 0 Å². The third-order valence-corrected chi connectivity index (χ3v) is 3.08. The van der Waals surface area contributed by atoms with Crippen LogP contribution in [0.3, 0.4) is 0 Å². The minimum Gasteiger partial charge on any atom is -0.382 e. The Morgan fingerprint density at radius 2 is 1.39 bits per heavy atom. The molecule has 0 aromatic heterocycles. The van der Waals surface area contributed by atoms with Crippen molar-refractivity contribution in [3.8, 4) is 0 Å². The normalized spacial score (nSPS) is 12.9. The average Bonchev–Trinajstić information content (AvgIpc) is 2.18. The highest BCUT2D eigenvalue weighted by molar-refractivity contribution is 7.86. The maximum Gasteiger partial charge on any atom is 0.270 e. The molecule has 0 aromatic rings. The van der Waals surface area contributed by atoms with Gasteiger partial charge in [0.05, 0.1) is 44.4 Å². The maximum atomic E-state index is 11.5. The number of ether oxygens (including phenoxy) is 3. The number of hydrogen-bond donors (Lipinski definition) is 0. The highest BCUT2D eigenvalue weighted by atomic mass is 32.2. The lowest BCUT2D eigenvalue weighted by Crippen LogP contribution is -2.27. The Morgan fingerprint density at radius 1 is 0.889 bits per heavy atom. The van der Waals surface area contributed by atoms with Crippen molar-refractivity contribution >= 4 is 10.1 Å². The highest BCUT2D eigenvalue weighted by Crippen LogP contribution is 2.11. The molecule has 0 N–H and O–H groups in total. The Kier molecular flexibility index (Phi) is 8.71. The van der Waals surface area contributed by atoms with Crippen LogP contribution in [-0.2, 0) is 28.5 Å². The molecule has 0 saturated heterocycles. The monoisotopic (exact) mass is 284 g/mol. The molecule has 0 amide bonds. The first-order valence-electron chi connectivity index (χ1n) is 5.84. The number of rotatable bonds is 10. The molecule has 0 aromatic carbocycles. The van der Waals surface area contributed by atoms with Crippen molar-refractivity contribution in [2.24, 2.45) is 0 Å². The Hall–Kier alpha value is -0.210. The summed E-state index contributed by atoms with van der Waals surface area (Å²) in [5.41, 5.74) is -0.706. The lowest BCUT2D eigenvalue weighted by Gasteiger charge is -2.18. The molecule has 18 heavy (non-hydrogen) atoms. The van der Waals surface area contributed by atoms with Crippen LogP contribution in [0.25, 0.3) is 0 Å². The van der Waals surface area contributed by atoms with Crippen LogP contribution in [0.15, 0.2) is 0 Å². The van der Waals surface area contributed by atoms with Crippen LogP contribution in [0.1, 0.15) is 20.8 Å². The molecule has 0 heterocycles. The summed E-state index contributed by atoms with van der Waals surface area (Å²) in [4.78, 5) is 0. The van der Waals surface area contributed by atoms with Gasteiger partial charge in [0.15, 0.2) is 0 Å². The summed E-state index contributed by atoms with van der Waals surface area (Å²) < 4.78 is 43.0. The number of methoxy groups -OCH3 is 1. The van der Waals surface area contributed by atoms with Crippen LogP contribution in [-0.4, -0.2) is 59.9 Å². The molecule has 0 spiro atoms. The standard InChI is InChI=1S/C11H24O6S/c1-11(2,3)17-18(12,13)10-9-16-8-7-15-6-5-14-4/h5-10H2,1-4H3. The smallest absolute Gasteiger partial charge is 0.270 e. The van der Waals surface area contributed by atoms with Gasteiger partial charge in [-0.3, -0.25) is 4.18 Å². The second-order valence-corrected chi connectivity index (χ2v) is 6.37. The van der Waals surface area contributed by atoms with E-state index in [1.807, 2.05) is 0 Å². The van der Waals surface area contributed by atoms with Gasteiger partial charge < -0.3 is 14.2 Å². The van der Waals surface area contributed by atoms with Crippen molar-refractivity contribution in [2.45, 2.75) is 26.4 Å². The summed E-state index contributed by atoms with van der Waals surface area (Å²) in [5.74, 6) is -0.150. The molecular weight excluding hydrogens is 260 g/mol. The van der Waals surface area contributed by atoms with Crippen LogP contribution in [0.4, 0.5) is 0 Å². The zero-order chi connectivity index (χ0) is 14.1. The van der Waals surface area contributed by atoms with E-state index in [1.165, 1.54) is 0 Å². The summed E-state index contributed by atoms with van der Waals surface area (Å²) >= 11 is 0. The van der Waals surface area contributed by atoms with E-state index in [0.717, 1.165) is 0 Å². The van der Waals surface area contributed by atoms with Gasteiger partial charge in [0.2, 0.25) is 0 Å². The van der Waals surface area contributed by atoms with Gasteiger partial charge in [-0.15, -0.1) is 0 Å². The van der Waals surface area contributed by atoms with Crippen LogP contribution >= 0.6 is 0 Å². The van der Waals surface area contributed by atoms with E-state index >= 15 is 0 Å². The quantitative estimate of drug-likeness (QED) is 0.437. The SMILES string of the molecule is COCCOCCOCCS(=O)(=O)OC(C)(C)C. The van der Waals surface area contributed by atoms with Crippen molar-refractivity contribution in [3.05, 3.63) is 0 Å². The van der Waals surface area contributed by atoms with Gasteiger partial charge in [0.1, 0.15) is 0 Å². The van der Waals surface area contributed by atoms with Gasteiger partial charge in [-0.2, -0.15) is 8.42 Å². The first-order valence-corrected chi connectivity index (χ1v) is 7.42. The predicted octanol–water partition coefficient (Wildman–Crippen LogP) is 0.811. The van der Waals surface area contributed by atoms with E-state index < -0.39 is 15.7 Å². The zero-order valence-electron chi connectivity index (χ0n) is 11.6. The van der Waals surface area contributed by atoms with E-state index in [1.54, 1.807) is 27.9 Å². The summed E-state index contributed by atoms with van der Waals surface area (Å²) in [6.07, 6.45) is 0. The molecule has 0 bridgehead atoms. The van der Waals surface area contributed by atoms with E-state index in [9.17, 15) is 8.42 Å². The largest absolute Gasteiger partial charge is 0.382 e. The van der Waals surface area contributed by atoms with Crippen LogP contribution < -0.4 is 0 Å². The maximum absolute atomic E-state index is 11.5. The third kappa shape index (κ3) is 12.3.